The monoisotopic (exact) mass is 688 g/mol. The predicted molar refractivity (Wildman–Crippen MR) is 171 cm³/mol. The van der Waals surface area contributed by atoms with E-state index >= 15 is 0 Å². The van der Waals surface area contributed by atoms with Crippen molar-refractivity contribution in [1.82, 2.24) is 5.32 Å². The number of rotatable bonds is 8. The predicted octanol–water partition coefficient (Wildman–Crippen LogP) is 7.25. The van der Waals surface area contributed by atoms with E-state index in [2.05, 4.69) is 56.2 Å². The molecule has 0 fully saturated rings. The van der Waals surface area contributed by atoms with Gasteiger partial charge in [-0.15, -0.1) is 11.3 Å². The number of amides is 1. The van der Waals surface area contributed by atoms with E-state index in [-0.39, 0.29) is 22.4 Å². The van der Waals surface area contributed by atoms with Gasteiger partial charge in [-0.1, -0.05) is 101 Å². The molecule has 1 amide bonds. The molecule has 1 aliphatic carbocycles. The third-order valence-electron chi connectivity index (χ3n) is 5.18. The van der Waals surface area contributed by atoms with Gasteiger partial charge in [0.25, 0.3) is 5.91 Å². The Morgan fingerprint density at radius 3 is 2.26 bits per heavy atom. The molecule has 1 heterocycles. The number of fused-ring (bicyclic) bond motifs is 1. The maximum Gasteiger partial charge on any atom is 0.254 e. The standard InChI is InChI=1S/C15H19BrN2O3S.C7H8.C5H9BrO2.C2H6/c1-8-7-9(16)12(19)13-10(8)11(14(17)22-13)15(20)18-5-3-4-6-21-2;1-7-5-3-2-4-6-7;1-7-4-5(3-6)8-2;1-2/h3-4,8-9H,5-7,17H2,1-2H3,(H,18,20);2-6H,1H3;3H,4H2,1-2H3;1-2H3/b4-3+;;5-3-;. The van der Waals surface area contributed by atoms with E-state index in [4.69, 9.17) is 19.9 Å². The summed E-state index contributed by atoms with van der Waals surface area (Å²) in [4.78, 5) is 26.7. The molecule has 0 radical (unpaired) electrons. The highest BCUT2D eigenvalue weighted by molar-refractivity contribution is 9.11. The van der Waals surface area contributed by atoms with Crippen LogP contribution >= 0.6 is 43.2 Å². The molecule has 0 saturated heterocycles. The molecule has 10 heteroatoms. The quantitative estimate of drug-likeness (QED) is 0.172. The lowest BCUT2D eigenvalue weighted by Crippen LogP contribution is -2.28. The van der Waals surface area contributed by atoms with Gasteiger partial charge in [0.2, 0.25) is 0 Å². The van der Waals surface area contributed by atoms with Crippen molar-refractivity contribution in [3.63, 3.8) is 0 Å². The van der Waals surface area contributed by atoms with Gasteiger partial charge >= 0.3 is 0 Å². The summed E-state index contributed by atoms with van der Waals surface area (Å²) in [5.41, 5.74) is 8.57. The largest absolute Gasteiger partial charge is 0.498 e. The van der Waals surface area contributed by atoms with Gasteiger partial charge in [0, 0.05) is 25.7 Å². The number of hydrogen-bond acceptors (Lipinski definition) is 7. The number of nitrogens with two attached hydrogens (primary N) is 1. The highest BCUT2D eigenvalue weighted by Gasteiger charge is 2.36. The van der Waals surface area contributed by atoms with Gasteiger partial charge < -0.3 is 25.3 Å². The van der Waals surface area contributed by atoms with Crippen LogP contribution in [0.5, 0.6) is 0 Å². The van der Waals surface area contributed by atoms with E-state index in [0.717, 1.165) is 11.3 Å². The second kappa shape index (κ2) is 21.8. The first kappa shape index (κ1) is 37.0. The molecule has 2 unspecified atom stereocenters. The Morgan fingerprint density at radius 1 is 1.15 bits per heavy atom. The van der Waals surface area contributed by atoms with E-state index in [1.165, 1.54) is 16.9 Å². The number of thiophene rings is 1. The number of benzene rings is 1. The molecular weight excluding hydrogens is 648 g/mol. The van der Waals surface area contributed by atoms with Crippen LogP contribution in [-0.2, 0) is 14.2 Å². The summed E-state index contributed by atoms with van der Waals surface area (Å²) in [5, 5.41) is 3.21. The van der Waals surface area contributed by atoms with Crippen molar-refractivity contribution in [1.29, 1.82) is 0 Å². The number of alkyl halides is 1. The summed E-state index contributed by atoms with van der Waals surface area (Å²) in [7, 11) is 4.83. The summed E-state index contributed by atoms with van der Waals surface area (Å²) in [6.07, 6.45) is 4.32. The Hall–Kier alpha value is -1.98. The number of carbonyl (C=O) groups excluding carboxylic acids is 2. The van der Waals surface area contributed by atoms with Crippen molar-refractivity contribution in [2.75, 3.05) is 46.8 Å². The molecule has 0 bridgehead atoms. The lowest BCUT2D eigenvalue weighted by Gasteiger charge is -2.23. The van der Waals surface area contributed by atoms with Crippen LogP contribution in [0.15, 0.2) is 53.2 Å². The van der Waals surface area contributed by atoms with Crippen molar-refractivity contribution in [3.8, 4) is 0 Å². The van der Waals surface area contributed by atoms with Crippen LogP contribution in [0.3, 0.4) is 0 Å². The van der Waals surface area contributed by atoms with E-state index in [9.17, 15) is 9.59 Å². The normalized spacial score (nSPS) is 16.0. The van der Waals surface area contributed by atoms with Crippen LogP contribution in [0, 0.1) is 6.92 Å². The number of ether oxygens (including phenoxy) is 3. The number of Topliss-reactive ketones (excluding diaryl/α,β-unsaturated/α-hetero) is 1. The van der Waals surface area contributed by atoms with Gasteiger partial charge in [0.1, 0.15) is 12.4 Å². The third kappa shape index (κ3) is 13.3. The molecule has 1 aromatic heterocycles. The second-order valence-corrected chi connectivity index (χ2v) is 10.7. The van der Waals surface area contributed by atoms with Crippen LogP contribution in [0.25, 0.3) is 0 Å². The van der Waals surface area contributed by atoms with E-state index in [1.54, 1.807) is 26.3 Å². The Morgan fingerprint density at radius 2 is 1.79 bits per heavy atom. The molecule has 7 nitrogen and oxygen atoms in total. The number of aryl methyl sites for hydroxylation is 1. The molecule has 218 valence electrons. The van der Waals surface area contributed by atoms with Crippen LogP contribution in [0.4, 0.5) is 5.00 Å². The van der Waals surface area contributed by atoms with Crippen molar-refractivity contribution in [3.05, 3.63) is 74.8 Å². The molecule has 1 aromatic carbocycles. The smallest absolute Gasteiger partial charge is 0.254 e. The molecule has 2 atom stereocenters. The topological polar surface area (TPSA) is 99.9 Å². The zero-order valence-electron chi connectivity index (χ0n) is 23.9. The number of nitrogen functional groups attached to an aromatic ring is 1. The first-order chi connectivity index (χ1) is 18.7. The number of hydrogen-bond donors (Lipinski definition) is 2. The maximum absolute atomic E-state index is 12.4. The minimum absolute atomic E-state index is 0.0174. The Labute approximate surface area is 254 Å². The summed E-state index contributed by atoms with van der Waals surface area (Å²) in [6, 6.07) is 10.3. The minimum atomic E-state index is -0.232. The molecule has 2 aromatic rings. The Kier molecular flexibility index (Phi) is 20.7. The molecule has 3 N–H and O–H groups in total. The van der Waals surface area contributed by atoms with Gasteiger partial charge in [-0.3, -0.25) is 9.59 Å². The molecular formula is C29H42Br2N2O5S. The third-order valence-corrected chi connectivity index (χ3v) is 7.53. The zero-order valence-corrected chi connectivity index (χ0v) is 27.9. The lowest BCUT2D eigenvalue weighted by atomic mass is 9.85. The van der Waals surface area contributed by atoms with Crippen LogP contribution in [-0.4, -0.2) is 57.6 Å². The second-order valence-electron chi connectivity index (χ2n) is 8.06. The fourth-order valence-electron chi connectivity index (χ4n) is 3.33. The van der Waals surface area contributed by atoms with Crippen molar-refractivity contribution >= 4 is 59.9 Å². The molecule has 0 aliphatic heterocycles. The summed E-state index contributed by atoms with van der Waals surface area (Å²) < 4.78 is 14.5. The highest BCUT2D eigenvalue weighted by Crippen LogP contribution is 2.43. The molecule has 0 spiro atoms. The van der Waals surface area contributed by atoms with Gasteiger partial charge in [-0.25, -0.2) is 0 Å². The first-order valence-electron chi connectivity index (χ1n) is 12.6. The van der Waals surface area contributed by atoms with Gasteiger partial charge in [0.15, 0.2) is 5.78 Å². The van der Waals surface area contributed by atoms with Gasteiger partial charge in [0.05, 0.1) is 34.0 Å². The molecule has 3 rings (SSSR count). The maximum atomic E-state index is 12.4. The molecule has 39 heavy (non-hydrogen) atoms. The fraction of sp³-hybridized carbons (Fsp3) is 0.448. The average molecular weight is 691 g/mol. The molecule has 1 aliphatic rings. The number of ketones is 1. The van der Waals surface area contributed by atoms with Crippen LogP contribution < -0.4 is 11.1 Å². The van der Waals surface area contributed by atoms with Crippen LogP contribution in [0.1, 0.15) is 64.3 Å². The van der Waals surface area contributed by atoms with Crippen molar-refractivity contribution in [2.45, 2.75) is 44.9 Å². The average Bonchev–Trinajstić information content (AvgIpc) is 3.30. The van der Waals surface area contributed by atoms with Crippen molar-refractivity contribution < 1.29 is 23.8 Å². The number of carbonyl (C=O) groups is 2. The SMILES string of the molecule is CC.COC/C(=C/Br)OC.COC/C=C/CNC(=O)c1c(N)sc2c1C(C)CC(Br)C2=O.Cc1ccccc1. The summed E-state index contributed by atoms with van der Waals surface area (Å²) in [5.74, 6) is 0.691. The van der Waals surface area contributed by atoms with Crippen molar-refractivity contribution in [2.24, 2.45) is 0 Å². The van der Waals surface area contributed by atoms with Gasteiger partial charge in [-0.2, -0.15) is 0 Å². The summed E-state index contributed by atoms with van der Waals surface area (Å²) in [6.45, 7) is 9.52. The lowest BCUT2D eigenvalue weighted by molar-refractivity contribution is 0.0957. The van der Waals surface area contributed by atoms with E-state index < -0.39 is 0 Å². The van der Waals surface area contributed by atoms with E-state index in [0.29, 0.717) is 41.6 Å². The number of anilines is 1. The minimum Gasteiger partial charge on any atom is -0.498 e. The van der Waals surface area contributed by atoms with Gasteiger partial charge in [-0.05, 0) is 24.8 Å². The number of methoxy groups -OCH3 is 3. The Balaban J connectivity index is 0.000000693. The summed E-state index contributed by atoms with van der Waals surface area (Å²) >= 11 is 7.71. The first-order valence-corrected chi connectivity index (χ1v) is 15.2. The van der Waals surface area contributed by atoms with E-state index in [1.807, 2.05) is 51.1 Å². The number of nitrogens with one attached hydrogen (secondary N) is 1. The molecule has 0 saturated carbocycles. The fourth-order valence-corrected chi connectivity index (χ4v) is 5.77. The van der Waals surface area contributed by atoms with Crippen LogP contribution in [0.2, 0.25) is 0 Å². The highest BCUT2D eigenvalue weighted by atomic mass is 79.9. The number of halogens is 2. The zero-order chi connectivity index (χ0) is 29.8. The Bertz CT molecular complexity index is 1040.